The SMILES string of the molecule is CCOC(=O)C(C)NC(=O)C(F)(F)C(F)F. The fourth-order valence-electron chi connectivity index (χ4n) is 0.718. The number of hydrogen-bond acceptors (Lipinski definition) is 3. The van der Waals surface area contributed by atoms with Gasteiger partial charge in [0.25, 0.3) is 5.91 Å². The third-order valence-electron chi connectivity index (χ3n) is 1.56. The van der Waals surface area contributed by atoms with Crippen LogP contribution in [-0.2, 0) is 14.3 Å². The van der Waals surface area contributed by atoms with Crippen LogP contribution in [0.4, 0.5) is 17.6 Å². The molecule has 0 heterocycles. The monoisotopic (exact) mass is 245 g/mol. The van der Waals surface area contributed by atoms with Crippen LogP contribution in [0.2, 0.25) is 0 Å². The van der Waals surface area contributed by atoms with Crippen molar-refractivity contribution in [1.29, 1.82) is 0 Å². The molecule has 0 aliphatic rings. The third kappa shape index (κ3) is 3.67. The summed E-state index contributed by atoms with van der Waals surface area (Å²) in [4.78, 5) is 21.6. The summed E-state index contributed by atoms with van der Waals surface area (Å²) in [6, 6.07) is -1.41. The maximum absolute atomic E-state index is 12.4. The molecule has 8 heteroatoms. The molecular formula is C8H11F4NO3. The number of hydrogen-bond donors (Lipinski definition) is 1. The number of halogens is 4. The van der Waals surface area contributed by atoms with Gasteiger partial charge in [-0.15, -0.1) is 0 Å². The quantitative estimate of drug-likeness (QED) is 0.579. The molecule has 0 aromatic rings. The largest absolute Gasteiger partial charge is 0.464 e. The fourth-order valence-corrected chi connectivity index (χ4v) is 0.718. The van der Waals surface area contributed by atoms with E-state index in [0.717, 1.165) is 6.92 Å². The van der Waals surface area contributed by atoms with Crippen molar-refractivity contribution in [3.8, 4) is 0 Å². The first-order chi connectivity index (χ1) is 7.23. The molecule has 0 rings (SSSR count). The van der Waals surface area contributed by atoms with E-state index in [9.17, 15) is 27.2 Å². The number of carbonyl (C=O) groups excluding carboxylic acids is 2. The summed E-state index contributed by atoms with van der Waals surface area (Å²) in [5.41, 5.74) is 0. The van der Waals surface area contributed by atoms with Gasteiger partial charge in [-0.25, -0.2) is 13.6 Å². The lowest BCUT2D eigenvalue weighted by Gasteiger charge is -2.18. The Kier molecular flexibility index (Phi) is 5.19. The van der Waals surface area contributed by atoms with E-state index < -0.39 is 30.3 Å². The highest BCUT2D eigenvalue weighted by Gasteiger charge is 2.49. The summed E-state index contributed by atoms with van der Waals surface area (Å²) in [5.74, 6) is -8.00. The topological polar surface area (TPSA) is 55.4 Å². The molecule has 0 aromatic carbocycles. The lowest BCUT2D eigenvalue weighted by atomic mass is 10.2. The van der Waals surface area contributed by atoms with Crippen LogP contribution in [0, 0.1) is 0 Å². The van der Waals surface area contributed by atoms with Gasteiger partial charge in [-0.3, -0.25) is 4.79 Å². The van der Waals surface area contributed by atoms with E-state index >= 15 is 0 Å². The summed E-state index contributed by atoms with van der Waals surface area (Å²) < 4.78 is 52.7. The van der Waals surface area contributed by atoms with Crippen molar-refractivity contribution in [3.05, 3.63) is 0 Å². The van der Waals surface area contributed by atoms with Crippen LogP contribution in [0.3, 0.4) is 0 Å². The molecule has 0 aromatic heterocycles. The highest BCUT2D eigenvalue weighted by molar-refractivity contribution is 5.88. The molecule has 0 spiro atoms. The maximum atomic E-state index is 12.4. The number of rotatable bonds is 5. The highest BCUT2D eigenvalue weighted by Crippen LogP contribution is 2.22. The Hall–Kier alpha value is -1.34. The van der Waals surface area contributed by atoms with Gasteiger partial charge in [-0.2, -0.15) is 8.78 Å². The standard InChI is InChI=1S/C8H11F4NO3/c1-3-16-5(14)4(2)13-7(15)8(11,12)6(9)10/h4,6H,3H2,1-2H3,(H,13,15). The molecular weight excluding hydrogens is 234 g/mol. The van der Waals surface area contributed by atoms with Crippen molar-refractivity contribution < 1.29 is 31.9 Å². The third-order valence-corrected chi connectivity index (χ3v) is 1.56. The molecule has 0 aliphatic heterocycles. The van der Waals surface area contributed by atoms with Gasteiger partial charge in [0.2, 0.25) is 0 Å². The Labute approximate surface area is 88.9 Å². The van der Waals surface area contributed by atoms with Crippen molar-refractivity contribution in [2.24, 2.45) is 0 Å². The van der Waals surface area contributed by atoms with E-state index in [1.165, 1.54) is 12.2 Å². The molecule has 94 valence electrons. The van der Waals surface area contributed by atoms with E-state index in [1.54, 1.807) is 0 Å². The van der Waals surface area contributed by atoms with Crippen molar-refractivity contribution >= 4 is 11.9 Å². The fraction of sp³-hybridized carbons (Fsp3) is 0.750. The Morgan fingerprint density at radius 3 is 2.25 bits per heavy atom. The second-order valence-electron chi connectivity index (χ2n) is 2.87. The minimum absolute atomic E-state index is 0.00964. The van der Waals surface area contributed by atoms with Gasteiger partial charge in [-0.1, -0.05) is 0 Å². The van der Waals surface area contributed by atoms with Crippen LogP contribution >= 0.6 is 0 Å². The molecule has 0 bridgehead atoms. The van der Waals surface area contributed by atoms with Crippen LogP contribution in [0.5, 0.6) is 0 Å². The normalized spacial score (nSPS) is 13.4. The van der Waals surface area contributed by atoms with Gasteiger partial charge in [-0.05, 0) is 13.8 Å². The molecule has 0 saturated carbocycles. The molecule has 1 unspecified atom stereocenters. The zero-order chi connectivity index (χ0) is 12.9. The zero-order valence-corrected chi connectivity index (χ0v) is 8.60. The predicted octanol–water partition coefficient (Wildman–Crippen LogP) is 0.955. The molecule has 1 atom stereocenters. The van der Waals surface area contributed by atoms with Crippen molar-refractivity contribution in [1.82, 2.24) is 5.32 Å². The molecule has 1 N–H and O–H groups in total. The van der Waals surface area contributed by atoms with Crippen LogP contribution in [0.25, 0.3) is 0 Å². The first-order valence-corrected chi connectivity index (χ1v) is 4.37. The average molecular weight is 245 g/mol. The predicted molar refractivity (Wildman–Crippen MR) is 45.2 cm³/mol. The van der Waals surface area contributed by atoms with E-state index in [-0.39, 0.29) is 6.61 Å². The molecule has 0 fully saturated rings. The molecule has 4 nitrogen and oxygen atoms in total. The van der Waals surface area contributed by atoms with Crippen molar-refractivity contribution in [2.45, 2.75) is 32.2 Å². The number of carbonyl (C=O) groups is 2. The number of alkyl halides is 4. The Balaban J connectivity index is 4.40. The summed E-state index contributed by atoms with van der Waals surface area (Å²) in [7, 11) is 0. The second kappa shape index (κ2) is 5.66. The van der Waals surface area contributed by atoms with Gasteiger partial charge in [0, 0.05) is 0 Å². The summed E-state index contributed by atoms with van der Waals surface area (Å²) in [6.07, 6.45) is -4.12. The Morgan fingerprint density at radius 1 is 1.38 bits per heavy atom. The number of esters is 1. The van der Waals surface area contributed by atoms with Gasteiger partial charge < -0.3 is 10.1 Å². The first kappa shape index (κ1) is 14.7. The van der Waals surface area contributed by atoms with Crippen molar-refractivity contribution in [3.63, 3.8) is 0 Å². The average Bonchev–Trinajstić information content (AvgIpc) is 2.17. The van der Waals surface area contributed by atoms with Crippen LogP contribution < -0.4 is 5.32 Å². The molecule has 0 radical (unpaired) electrons. The lowest BCUT2D eigenvalue weighted by molar-refractivity contribution is -0.171. The minimum Gasteiger partial charge on any atom is -0.464 e. The Bertz CT molecular complexity index is 270. The summed E-state index contributed by atoms with van der Waals surface area (Å²) in [5, 5.41) is 1.44. The number of ether oxygens (including phenoxy) is 1. The molecule has 0 aliphatic carbocycles. The second-order valence-corrected chi connectivity index (χ2v) is 2.87. The van der Waals surface area contributed by atoms with Gasteiger partial charge in [0.05, 0.1) is 6.61 Å². The lowest BCUT2D eigenvalue weighted by Crippen LogP contribution is -2.50. The number of nitrogens with one attached hydrogen (secondary N) is 1. The van der Waals surface area contributed by atoms with Crippen LogP contribution in [-0.4, -0.2) is 36.9 Å². The van der Waals surface area contributed by atoms with Gasteiger partial charge >= 0.3 is 18.3 Å². The molecule has 0 saturated heterocycles. The van der Waals surface area contributed by atoms with E-state index in [0.29, 0.717) is 0 Å². The molecule has 1 amide bonds. The van der Waals surface area contributed by atoms with Crippen molar-refractivity contribution in [2.75, 3.05) is 6.61 Å². The molecule has 16 heavy (non-hydrogen) atoms. The van der Waals surface area contributed by atoms with Crippen LogP contribution in [0.1, 0.15) is 13.8 Å². The van der Waals surface area contributed by atoms with E-state index in [1.807, 2.05) is 0 Å². The van der Waals surface area contributed by atoms with Gasteiger partial charge in [0.15, 0.2) is 0 Å². The zero-order valence-electron chi connectivity index (χ0n) is 8.60. The Morgan fingerprint density at radius 2 is 1.88 bits per heavy atom. The highest BCUT2D eigenvalue weighted by atomic mass is 19.3. The number of amides is 1. The smallest absolute Gasteiger partial charge is 0.383 e. The minimum atomic E-state index is -4.82. The maximum Gasteiger partial charge on any atom is 0.383 e. The van der Waals surface area contributed by atoms with E-state index in [4.69, 9.17) is 0 Å². The summed E-state index contributed by atoms with van der Waals surface area (Å²) >= 11 is 0. The first-order valence-electron chi connectivity index (χ1n) is 4.37. The van der Waals surface area contributed by atoms with Crippen LogP contribution in [0.15, 0.2) is 0 Å². The van der Waals surface area contributed by atoms with E-state index in [2.05, 4.69) is 4.74 Å². The summed E-state index contributed by atoms with van der Waals surface area (Å²) in [6.45, 7) is 2.52. The van der Waals surface area contributed by atoms with Gasteiger partial charge in [0.1, 0.15) is 6.04 Å².